The second-order valence-electron chi connectivity index (χ2n) is 4.81. The molecule has 0 amide bonds. The molecule has 0 spiro atoms. The number of hydrogen-bond acceptors (Lipinski definition) is 3. The Morgan fingerprint density at radius 1 is 1.10 bits per heavy atom. The van der Waals surface area contributed by atoms with Gasteiger partial charge in [-0.1, -0.05) is 29.8 Å². The predicted molar refractivity (Wildman–Crippen MR) is 85.7 cm³/mol. The average molecular weight is 299 g/mol. The van der Waals surface area contributed by atoms with Crippen LogP contribution in [0.5, 0.6) is 0 Å². The van der Waals surface area contributed by atoms with Crippen molar-refractivity contribution in [2.75, 3.05) is 18.0 Å². The third-order valence-electron chi connectivity index (χ3n) is 3.40. The largest absolute Gasteiger partial charge is 0.370 e. The Morgan fingerprint density at radius 2 is 1.81 bits per heavy atom. The van der Waals surface area contributed by atoms with Crippen molar-refractivity contribution in [3.05, 3.63) is 77.1 Å². The van der Waals surface area contributed by atoms with Crippen LogP contribution in [0.25, 0.3) is 0 Å². The molecular weight excluding hydrogens is 284 g/mol. The molecule has 1 aliphatic heterocycles. The highest BCUT2D eigenvalue weighted by Crippen LogP contribution is 2.20. The lowest BCUT2D eigenvalue weighted by Crippen LogP contribution is -2.20. The number of carbonyl (C=O) groups excluding carboxylic acids is 1. The molecule has 1 aliphatic rings. The van der Waals surface area contributed by atoms with Crippen molar-refractivity contribution in [1.29, 1.82) is 0 Å². The van der Waals surface area contributed by atoms with Crippen molar-refractivity contribution in [2.24, 2.45) is 0 Å². The van der Waals surface area contributed by atoms with Gasteiger partial charge in [-0.3, -0.25) is 4.79 Å². The molecule has 3 rings (SSSR count). The Balaban J connectivity index is 1.84. The Bertz CT molecular complexity index is 665. The summed E-state index contributed by atoms with van der Waals surface area (Å²) < 4.78 is 0. The van der Waals surface area contributed by atoms with Crippen molar-refractivity contribution < 1.29 is 4.79 Å². The standard InChI is InChI=1S/C17H15ClN2O/c18-14-8-6-13(7-9-14)16(21)12-17-19-10-11-20(17)15-4-2-1-3-5-15/h1-9,12,19H,10-11H2/b17-12+. The van der Waals surface area contributed by atoms with E-state index in [-0.39, 0.29) is 5.78 Å². The lowest BCUT2D eigenvalue weighted by atomic mass is 10.1. The molecule has 2 aromatic carbocycles. The number of para-hydroxylation sites is 1. The zero-order valence-electron chi connectivity index (χ0n) is 11.4. The minimum Gasteiger partial charge on any atom is -0.370 e. The lowest BCUT2D eigenvalue weighted by molar-refractivity contribution is 0.104. The molecule has 0 aromatic heterocycles. The Labute approximate surface area is 128 Å². The average Bonchev–Trinajstić information content (AvgIpc) is 2.97. The number of hydrogen-bond donors (Lipinski definition) is 1. The second-order valence-corrected chi connectivity index (χ2v) is 5.25. The van der Waals surface area contributed by atoms with E-state index >= 15 is 0 Å². The topological polar surface area (TPSA) is 32.3 Å². The van der Waals surface area contributed by atoms with Crippen molar-refractivity contribution >= 4 is 23.1 Å². The van der Waals surface area contributed by atoms with E-state index in [2.05, 4.69) is 10.2 Å². The van der Waals surface area contributed by atoms with Crippen LogP contribution in [0.3, 0.4) is 0 Å². The quantitative estimate of drug-likeness (QED) is 0.695. The van der Waals surface area contributed by atoms with E-state index in [9.17, 15) is 4.79 Å². The van der Waals surface area contributed by atoms with Crippen LogP contribution in [0.2, 0.25) is 5.02 Å². The summed E-state index contributed by atoms with van der Waals surface area (Å²) >= 11 is 5.84. The molecule has 1 N–H and O–H groups in total. The van der Waals surface area contributed by atoms with Gasteiger partial charge < -0.3 is 10.2 Å². The van der Waals surface area contributed by atoms with Gasteiger partial charge in [0, 0.05) is 35.4 Å². The molecule has 1 saturated heterocycles. The molecule has 2 aromatic rings. The predicted octanol–water partition coefficient (Wildman–Crippen LogP) is 3.47. The van der Waals surface area contributed by atoms with Crippen molar-refractivity contribution in [3.8, 4) is 0 Å². The van der Waals surface area contributed by atoms with Gasteiger partial charge in [-0.25, -0.2) is 0 Å². The van der Waals surface area contributed by atoms with Gasteiger partial charge in [0.25, 0.3) is 0 Å². The Kier molecular flexibility index (Phi) is 3.93. The van der Waals surface area contributed by atoms with E-state index in [0.717, 1.165) is 24.6 Å². The molecule has 1 heterocycles. The van der Waals surface area contributed by atoms with Gasteiger partial charge in [0.05, 0.1) is 0 Å². The summed E-state index contributed by atoms with van der Waals surface area (Å²) in [5, 5.41) is 3.89. The highest BCUT2D eigenvalue weighted by atomic mass is 35.5. The van der Waals surface area contributed by atoms with Gasteiger partial charge in [0.2, 0.25) is 0 Å². The van der Waals surface area contributed by atoms with Gasteiger partial charge in [-0.15, -0.1) is 0 Å². The summed E-state index contributed by atoms with van der Waals surface area (Å²) in [7, 11) is 0. The molecule has 106 valence electrons. The van der Waals surface area contributed by atoms with Crippen LogP contribution in [0.4, 0.5) is 5.69 Å². The van der Waals surface area contributed by atoms with Crippen LogP contribution in [0.1, 0.15) is 10.4 Å². The number of nitrogens with one attached hydrogen (secondary N) is 1. The highest BCUT2D eigenvalue weighted by Gasteiger charge is 2.19. The summed E-state index contributed by atoms with van der Waals surface area (Å²) in [6.07, 6.45) is 1.64. The van der Waals surface area contributed by atoms with E-state index < -0.39 is 0 Å². The molecule has 3 nitrogen and oxygen atoms in total. The third kappa shape index (κ3) is 3.09. The highest BCUT2D eigenvalue weighted by molar-refractivity contribution is 6.30. The maximum absolute atomic E-state index is 12.3. The fourth-order valence-corrected chi connectivity index (χ4v) is 2.46. The van der Waals surface area contributed by atoms with Crippen molar-refractivity contribution in [2.45, 2.75) is 0 Å². The molecule has 0 atom stereocenters. The van der Waals surface area contributed by atoms with Crippen LogP contribution >= 0.6 is 11.6 Å². The number of ketones is 1. The number of anilines is 1. The summed E-state index contributed by atoms with van der Waals surface area (Å²) in [6, 6.07) is 17.0. The van der Waals surface area contributed by atoms with Gasteiger partial charge >= 0.3 is 0 Å². The van der Waals surface area contributed by atoms with Crippen LogP contribution in [0, 0.1) is 0 Å². The summed E-state index contributed by atoms with van der Waals surface area (Å²) in [6.45, 7) is 1.68. The van der Waals surface area contributed by atoms with E-state index in [1.165, 1.54) is 0 Å². The Hall–Kier alpha value is -2.26. The minimum absolute atomic E-state index is 0.0306. The van der Waals surface area contributed by atoms with Crippen LogP contribution in [0.15, 0.2) is 66.5 Å². The van der Waals surface area contributed by atoms with Crippen molar-refractivity contribution in [1.82, 2.24) is 5.32 Å². The minimum atomic E-state index is -0.0306. The number of carbonyl (C=O) groups is 1. The maximum atomic E-state index is 12.3. The van der Waals surface area contributed by atoms with Crippen molar-refractivity contribution in [3.63, 3.8) is 0 Å². The molecule has 0 unspecified atom stereocenters. The fraction of sp³-hybridized carbons (Fsp3) is 0.118. The van der Waals surface area contributed by atoms with Gasteiger partial charge in [-0.2, -0.15) is 0 Å². The maximum Gasteiger partial charge on any atom is 0.189 e. The smallest absolute Gasteiger partial charge is 0.189 e. The summed E-state index contributed by atoms with van der Waals surface area (Å²) in [5.41, 5.74) is 1.71. The van der Waals surface area contributed by atoms with E-state index in [1.807, 2.05) is 30.3 Å². The zero-order valence-corrected chi connectivity index (χ0v) is 12.2. The lowest BCUT2D eigenvalue weighted by Gasteiger charge is -2.18. The first kappa shape index (κ1) is 13.7. The van der Waals surface area contributed by atoms with Crippen LogP contribution in [-0.4, -0.2) is 18.9 Å². The summed E-state index contributed by atoms with van der Waals surface area (Å²) in [4.78, 5) is 14.4. The molecule has 0 bridgehead atoms. The van der Waals surface area contributed by atoms with Gasteiger partial charge in [-0.05, 0) is 36.4 Å². The number of rotatable bonds is 3. The fourth-order valence-electron chi connectivity index (χ4n) is 2.34. The van der Waals surface area contributed by atoms with Gasteiger partial charge in [0.15, 0.2) is 5.78 Å². The SMILES string of the molecule is O=C(/C=C1\NCCN1c1ccccc1)c1ccc(Cl)cc1. The van der Waals surface area contributed by atoms with E-state index in [0.29, 0.717) is 10.6 Å². The van der Waals surface area contributed by atoms with E-state index in [1.54, 1.807) is 30.3 Å². The number of benzene rings is 2. The number of allylic oxidation sites excluding steroid dienone is 1. The third-order valence-corrected chi connectivity index (χ3v) is 3.65. The number of nitrogens with zero attached hydrogens (tertiary/aromatic N) is 1. The summed E-state index contributed by atoms with van der Waals surface area (Å²) in [5.74, 6) is 0.804. The Morgan fingerprint density at radius 3 is 2.52 bits per heavy atom. The monoisotopic (exact) mass is 298 g/mol. The molecule has 0 saturated carbocycles. The number of halogens is 1. The molecule has 0 radical (unpaired) electrons. The van der Waals surface area contributed by atoms with Crippen LogP contribution < -0.4 is 10.2 Å². The molecule has 21 heavy (non-hydrogen) atoms. The van der Waals surface area contributed by atoms with Crippen LogP contribution in [-0.2, 0) is 0 Å². The normalized spacial score (nSPS) is 16.0. The molecule has 0 aliphatic carbocycles. The molecule has 1 fully saturated rings. The molecule has 4 heteroatoms. The first-order chi connectivity index (χ1) is 10.2. The molecular formula is C17H15ClN2O. The van der Waals surface area contributed by atoms with E-state index in [4.69, 9.17) is 11.6 Å². The zero-order chi connectivity index (χ0) is 14.7. The first-order valence-corrected chi connectivity index (χ1v) is 7.20. The van der Waals surface area contributed by atoms with Gasteiger partial charge in [0.1, 0.15) is 5.82 Å². The first-order valence-electron chi connectivity index (χ1n) is 6.82. The second kappa shape index (κ2) is 6.02.